The van der Waals surface area contributed by atoms with Crippen LogP contribution in [0.1, 0.15) is 24.5 Å². The molecular weight excluding hydrogens is 406 g/mol. The van der Waals surface area contributed by atoms with E-state index in [0.29, 0.717) is 44.2 Å². The van der Waals surface area contributed by atoms with Gasteiger partial charge in [0.05, 0.1) is 26.0 Å². The maximum Gasteiger partial charge on any atom is 0.317 e. The number of ether oxygens (including phenoxy) is 2. The van der Waals surface area contributed by atoms with E-state index >= 15 is 0 Å². The molecule has 4 aliphatic heterocycles. The summed E-state index contributed by atoms with van der Waals surface area (Å²) >= 11 is 0. The quantitative estimate of drug-likeness (QED) is 0.774. The number of para-hydroxylation sites is 1. The summed E-state index contributed by atoms with van der Waals surface area (Å²) in [6, 6.07) is 10.7. The van der Waals surface area contributed by atoms with Gasteiger partial charge in [0, 0.05) is 56.4 Å². The van der Waals surface area contributed by atoms with Crippen molar-refractivity contribution in [3.8, 4) is 17.0 Å². The third-order valence-corrected chi connectivity index (χ3v) is 7.34. The smallest absolute Gasteiger partial charge is 0.317 e. The molecular formula is C24H33N5O3. The van der Waals surface area contributed by atoms with Gasteiger partial charge < -0.3 is 19.7 Å². The van der Waals surface area contributed by atoms with Gasteiger partial charge in [0.1, 0.15) is 5.75 Å². The lowest BCUT2D eigenvalue weighted by molar-refractivity contribution is 0.0265. The monoisotopic (exact) mass is 439 g/mol. The van der Waals surface area contributed by atoms with Crippen LogP contribution in [-0.2, 0) is 11.8 Å². The number of nitrogens with one attached hydrogen (secondary N) is 1. The Morgan fingerprint density at radius 3 is 2.81 bits per heavy atom. The largest absolute Gasteiger partial charge is 0.496 e. The van der Waals surface area contributed by atoms with Crippen LogP contribution in [-0.4, -0.2) is 84.7 Å². The molecule has 0 spiro atoms. The van der Waals surface area contributed by atoms with Gasteiger partial charge in [-0.25, -0.2) is 4.79 Å². The number of aryl methyl sites for hydroxylation is 1. The zero-order chi connectivity index (χ0) is 22.1. The second-order valence-corrected chi connectivity index (χ2v) is 9.10. The van der Waals surface area contributed by atoms with Gasteiger partial charge in [-0.15, -0.1) is 0 Å². The van der Waals surface area contributed by atoms with Crippen LogP contribution in [0, 0.1) is 5.92 Å². The Balaban J connectivity index is 1.25. The van der Waals surface area contributed by atoms with Crippen molar-refractivity contribution in [2.45, 2.75) is 24.8 Å². The number of carbonyl (C=O) groups is 1. The first-order chi connectivity index (χ1) is 15.6. The van der Waals surface area contributed by atoms with E-state index in [1.807, 2.05) is 34.8 Å². The molecule has 172 valence electrons. The summed E-state index contributed by atoms with van der Waals surface area (Å²) in [5, 5.41) is 7.99. The molecule has 0 saturated carbocycles. The van der Waals surface area contributed by atoms with Crippen LogP contribution < -0.4 is 10.1 Å². The maximum atomic E-state index is 12.5. The molecule has 2 amide bonds. The molecule has 4 saturated heterocycles. The Morgan fingerprint density at radius 2 is 2.06 bits per heavy atom. The van der Waals surface area contributed by atoms with Crippen molar-refractivity contribution in [2.75, 3.05) is 53.0 Å². The average Bonchev–Trinajstić information content (AvgIpc) is 3.24. The molecule has 1 aromatic carbocycles. The van der Waals surface area contributed by atoms with Gasteiger partial charge in [-0.1, -0.05) is 12.1 Å². The molecule has 32 heavy (non-hydrogen) atoms. The van der Waals surface area contributed by atoms with Crippen LogP contribution in [0.3, 0.4) is 0 Å². The van der Waals surface area contributed by atoms with E-state index in [1.54, 1.807) is 7.11 Å². The number of methoxy groups -OCH3 is 1. The van der Waals surface area contributed by atoms with E-state index in [2.05, 4.69) is 22.3 Å². The number of hydrogen-bond donors (Lipinski definition) is 1. The van der Waals surface area contributed by atoms with Crippen LogP contribution in [0.25, 0.3) is 11.3 Å². The van der Waals surface area contributed by atoms with Gasteiger partial charge in [0.15, 0.2) is 0 Å². The highest BCUT2D eigenvalue weighted by Gasteiger charge is 2.42. The Bertz CT molecular complexity index is 955. The highest BCUT2D eigenvalue weighted by Crippen LogP contribution is 2.42. The topological polar surface area (TPSA) is 71.9 Å². The van der Waals surface area contributed by atoms with Gasteiger partial charge >= 0.3 is 6.03 Å². The van der Waals surface area contributed by atoms with E-state index < -0.39 is 0 Å². The van der Waals surface area contributed by atoms with E-state index in [4.69, 9.17) is 14.6 Å². The zero-order valence-corrected chi connectivity index (χ0v) is 19.0. The van der Waals surface area contributed by atoms with Crippen LogP contribution >= 0.6 is 0 Å². The van der Waals surface area contributed by atoms with Crippen molar-refractivity contribution in [2.24, 2.45) is 13.0 Å². The first kappa shape index (κ1) is 21.3. The average molecular weight is 440 g/mol. The van der Waals surface area contributed by atoms with E-state index in [0.717, 1.165) is 43.1 Å². The SMILES string of the molecule is COc1ccccc1-c1cc([C@H]2CN3CC[C@H]2C[C@@H]3CNC(=O)N2CCOCC2)n(C)n1. The van der Waals surface area contributed by atoms with Crippen LogP contribution in [0.4, 0.5) is 4.79 Å². The number of morpholine rings is 1. The van der Waals surface area contributed by atoms with E-state index in [1.165, 1.54) is 12.1 Å². The summed E-state index contributed by atoms with van der Waals surface area (Å²) in [5.74, 6) is 1.93. The predicted molar refractivity (Wildman–Crippen MR) is 122 cm³/mol. The van der Waals surface area contributed by atoms with E-state index in [9.17, 15) is 4.79 Å². The normalized spacial score (nSPS) is 27.4. The van der Waals surface area contributed by atoms with Gasteiger partial charge in [-0.3, -0.25) is 9.58 Å². The molecule has 4 fully saturated rings. The summed E-state index contributed by atoms with van der Waals surface area (Å²) < 4.78 is 12.9. The molecule has 8 nitrogen and oxygen atoms in total. The van der Waals surface area contributed by atoms with Crippen molar-refractivity contribution in [1.29, 1.82) is 0 Å². The first-order valence-corrected chi connectivity index (χ1v) is 11.7. The van der Waals surface area contributed by atoms with Crippen LogP contribution in [0.5, 0.6) is 5.75 Å². The number of aromatic nitrogens is 2. The summed E-state index contributed by atoms with van der Waals surface area (Å²) in [6.45, 7) is 5.48. The van der Waals surface area contributed by atoms with Gasteiger partial charge in [-0.2, -0.15) is 5.10 Å². The number of hydrogen-bond acceptors (Lipinski definition) is 5. The summed E-state index contributed by atoms with van der Waals surface area (Å²) in [4.78, 5) is 16.9. The number of fused-ring (bicyclic) bond motifs is 3. The maximum absolute atomic E-state index is 12.5. The molecule has 1 unspecified atom stereocenters. The lowest BCUT2D eigenvalue weighted by Crippen LogP contribution is -2.57. The molecule has 8 heteroatoms. The summed E-state index contributed by atoms with van der Waals surface area (Å²) in [6.07, 6.45) is 2.32. The number of rotatable bonds is 5. The van der Waals surface area contributed by atoms with Crippen molar-refractivity contribution in [1.82, 2.24) is 24.9 Å². The third-order valence-electron chi connectivity index (χ3n) is 7.34. The van der Waals surface area contributed by atoms with Crippen molar-refractivity contribution >= 4 is 6.03 Å². The Kier molecular flexibility index (Phi) is 6.06. The Hall–Kier alpha value is -2.58. The highest BCUT2D eigenvalue weighted by molar-refractivity contribution is 5.74. The molecule has 1 aromatic heterocycles. The molecule has 0 aliphatic carbocycles. The first-order valence-electron chi connectivity index (χ1n) is 11.7. The second kappa shape index (κ2) is 9.11. The van der Waals surface area contributed by atoms with Gasteiger partial charge in [0.2, 0.25) is 0 Å². The van der Waals surface area contributed by atoms with Crippen LogP contribution in [0.15, 0.2) is 30.3 Å². The fraction of sp³-hybridized carbons (Fsp3) is 0.583. The Morgan fingerprint density at radius 1 is 1.25 bits per heavy atom. The number of urea groups is 1. The lowest BCUT2D eigenvalue weighted by Gasteiger charge is -2.50. The minimum atomic E-state index is 0.0422. The fourth-order valence-electron chi connectivity index (χ4n) is 5.59. The Labute approximate surface area is 189 Å². The fourth-order valence-corrected chi connectivity index (χ4v) is 5.59. The molecule has 1 N–H and O–H groups in total. The zero-order valence-electron chi connectivity index (χ0n) is 19.0. The minimum absolute atomic E-state index is 0.0422. The molecule has 6 rings (SSSR count). The molecule has 4 atom stereocenters. The number of carbonyl (C=O) groups excluding carboxylic acids is 1. The van der Waals surface area contributed by atoms with Crippen LogP contribution in [0.2, 0.25) is 0 Å². The van der Waals surface area contributed by atoms with Crippen molar-refractivity contribution < 1.29 is 14.3 Å². The van der Waals surface area contributed by atoms with Crippen molar-refractivity contribution in [3.63, 3.8) is 0 Å². The molecule has 5 heterocycles. The number of amides is 2. The third kappa shape index (κ3) is 4.09. The number of piperidine rings is 3. The predicted octanol–water partition coefficient (Wildman–Crippen LogP) is 2.32. The number of nitrogens with zero attached hydrogens (tertiary/aromatic N) is 4. The number of benzene rings is 1. The van der Waals surface area contributed by atoms with Gasteiger partial charge in [-0.05, 0) is 43.5 Å². The van der Waals surface area contributed by atoms with E-state index in [-0.39, 0.29) is 6.03 Å². The van der Waals surface area contributed by atoms with Crippen molar-refractivity contribution in [3.05, 3.63) is 36.0 Å². The molecule has 2 aromatic rings. The standard InChI is InChI=1S/C24H33N5O3/c1-27-22(14-21(26-27)19-5-3-4-6-23(19)31-2)20-16-29-8-7-17(20)13-18(29)15-25-24(30)28-9-11-32-12-10-28/h3-6,14,17-18,20H,7-13,15-16H2,1-2H3,(H,25,30)/t17-,18+,20-/m0/s1. The minimum Gasteiger partial charge on any atom is -0.496 e. The summed E-state index contributed by atoms with van der Waals surface area (Å²) in [7, 11) is 3.75. The molecule has 4 aliphatic rings. The molecule has 2 bridgehead atoms. The lowest BCUT2D eigenvalue weighted by atomic mass is 9.74. The molecule has 0 radical (unpaired) electrons. The van der Waals surface area contributed by atoms with Gasteiger partial charge in [0.25, 0.3) is 0 Å². The second-order valence-electron chi connectivity index (χ2n) is 9.10. The summed E-state index contributed by atoms with van der Waals surface area (Å²) in [5.41, 5.74) is 3.28. The highest BCUT2D eigenvalue weighted by atomic mass is 16.5.